The fourth-order valence-electron chi connectivity index (χ4n) is 0.831. The molecule has 14 heavy (non-hydrogen) atoms. The maximum absolute atomic E-state index is 8.63. The van der Waals surface area contributed by atoms with E-state index in [0.717, 1.165) is 0 Å². The van der Waals surface area contributed by atoms with E-state index in [-0.39, 0.29) is 11.2 Å². The zero-order chi connectivity index (χ0) is 10.6. The summed E-state index contributed by atoms with van der Waals surface area (Å²) in [5.74, 6) is 0. The number of thiazole rings is 1. The summed E-state index contributed by atoms with van der Waals surface area (Å²) in [5, 5.41) is 20.8. The molecule has 0 aliphatic heterocycles. The number of nitrogens with one attached hydrogen (secondary N) is 1. The molecule has 72 valence electrons. The van der Waals surface area contributed by atoms with Gasteiger partial charge in [0.15, 0.2) is 10.3 Å². The quantitative estimate of drug-likeness (QED) is 0.859. The Kier molecular flexibility index (Phi) is 3.70. The lowest BCUT2D eigenvalue weighted by atomic mass is 10.3. The Morgan fingerprint density at radius 3 is 2.86 bits per heavy atom. The molecular formula is C8H7ClN4S. The lowest BCUT2D eigenvalue weighted by Gasteiger charge is -2.06. The van der Waals surface area contributed by atoms with Crippen molar-refractivity contribution < 1.29 is 0 Å². The van der Waals surface area contributed by atoms with Gasteiger partial charge in [0.1, 0.15) is 10.9 Å². The minimum atomic E-state index is 0.00811. The largest absolute Gasteiger partial charge is 0.358 e. The normalized spacial score (nSPS) is 11.4. The van der Waals surface area contributed by atoms with Crippen LogP contribution < -0.4 is 5.32 Å². The van der Waals surface area contributed by atoms with E-state index in [1.165, 1.54) is 11.3 Å². The molecule has 1 atom stereocenters. The van der Waals surface area contributed by atoms with Crippen molar-refractivity contribution in [2.24, 2.45) is 0 Å². The van der Waals surface area contributed by atoms with Gasteiger partial charge in [0.05, 0.1) is 12.5 Å². The fraction of sp³-hybridized carbons (Fsp3) is 0.375. The Morgan fingerprint density at radius 1 is 1.64 bits per heavy atom. The van der Waals surface area contributed by atoms with Gasteiger partial charge in [0.2, 0.25) is 0 Å². The topological polar surface area (TPSA) is 72.5 Å². The van der Waals surface area contributed by atoms with Crippen LogP contribution in [0.5, 0.6) is 0 Å². The number of hydrogen-bond acceptors (Lipinski definition) is 5. The molecule has 4 nitrogen and oxygen atoms in total. The van der Waals surface area contributed by atoms with Crippen LogP contribution >= 0.6 is 22.9 Å². The summed E-state index contributed by atoms with van der Waals surface area (Å²) >= 11 is 6.87. The molecule has 1 aromatic rings. The second-order valence-corrected chi connectivity index (χ2v) is 4.02. The summed E-state index contributed by atoms with van der Waals surface area (Å²) in [5.41, 5.74) is 0. The number of nitrogens with zero attached hydrogens (tertiary/aromatic N) is 3. The fourth-order valence-corrected chi connectivity index (χ4v) is 1.89. The van der Waals surface area contributed by atoms with E-state index in [2.05, 4.69) is 10.3 Å². The van der Waals surface area contributed by atoms with Crippen molar-refractivity contribution in [1.82, 2.24) is 4.98 Å². The first kappa shape index (κ1) is 10.8. The highest BCUT2D eigenvalue weighted by Crippen LogP contribution is 2.26. The molecule has 1 unspecified atom stereocenters. The third kappa shape index (κ3) is 2.59. The Bertz CT molecular complexity index is 400. The van der Waals surface area contributed by atoms with E-state index < -0.39 is 0 Å². The van der Waals surface area contributed by atoms with Crippen LogP contribution in [0.25, 0.3) is 0 Å². The van der Waals surface area contributed by atoms with Gasteiger partial charge in [-0.1, -0.05) is 22.9 Å². The Balaban J connectivity index is 2.70. The van der Waals surface area contributed by atoms with Crippen LogP contribution in [-0.4, -0.2) is 11.0 Å². The molecule has 0 aliphatic rings. The predicted molar refractivity (Wildman–Crippen MR) is 55.2 cm³/mol. The van der Waals surface area contributed by atoms with Crippen molar-refractivity contribution in [3.63, 3.8) is 0 Å². The van der Waals surface area contributed by atoms with Crippen LogP contribution in [0, 0.1) is 22.7 Å². The zero-order valence-electron chi connectivity index (χ0n) is 7.41. The van der Waals surface area contributed by atoms with E-state index in [0.29, 0.717) is 16.4 Å². The second kappa shape index (κ2) is 4.80. The number of nitriles is 2. The number of aromatic nitrogens is 1. The van der Waals surface area contributed by atoms with Gasteiger partial charge in [-0.25, -0.2) is 4.98 Å². The molecule has 0 amide bonds. The average molecular weight is 227 g/mol. The molecule has 0 fully saturated rings. The molecule has 1 N–H and O–H groups in total. The van der Waals surface area contributed by atoms with Gasteiger partial charge in [0, 0.05) is 6.04 Å². The van der Waals surface area contributed by atoms with Crippen LogP contribution in [-0.2, 0) is 0 Å². The van der Waals surface area contributed by atoms with E-state index >= 15 is 0 Å². The lowest BCUT2D eigenvalue weighted by molar-refractivity contribution is 0.819. The third-order valence-electron chi connectivity index (χ3n) is 1.45. The van der Waals surface area contributed by atoms with Crippen LogP contribution in [0.4, 0.5) is 5.13 Å². The van der Waals surface area contributed by atoms with Gasteiger partial charge in [0.25, 0.3) is 0 Å². The van der Waals surface area contributed by atoms with Crippen molar-refractivity contribution >= 4 is 28.1 Å². The van der Waals surface area contributed by atoms with Gasteiger partial charge < -0.3 is 5.32 Å². The zero-order valence-corrected chi connectivity index (χ0v) is 8.98. The van der Waals surface area contributed by atoms with Gasteiger partial charge in [-0.3, -0.25) is 0 Å². The number of anilines is 1. The van der Waals surface area contributed by atoms with Gasteiger partial charge in [-0.05, 0) is 6.92 Å². The molecule has 1 heterocycles. The van der Waals surface area contributed by atoms with E-state index in [4.69, 9.17) is 22.1 Å². The average Bonchev–Trinajstić information content (AvgIpc) is 2.46. The summed E-state index contributed by atoms with van der Waals surface area (Å²) in [6.07, 6.45) is 0.388. The lowest BCUT2D eigenvalue weighted by Crippen LogP contribution is -2.13. The molecule has 6 heteroatoms. The summed E-state index contributed by atoms with van der Waals surface area (Å²) in [7, 11) is 0. The first-order chi connectivity index (χ1) is 6.67. The van der Waals surface area contributed by atoms with Gasteiger partial charge in [-0.15, -0.1) is 0 Å². The number of hydrogen-bond donors (Lipinski definition) is 1. The maximum Gasteiger partial charge on any atom is 0.185 e. The minimum absolute atomic E-state index is 0.00811. The molecular weight excluding hydrogens is 220 g/mol. The Labute approximate surface area is 90.8 Å². The summed E-state index contributed by atoms with van der Waals surface area (Å²) in [4.78, 5) is 4.33. The highest BCUT2D eigenvalue weighted by Gasteiger charge is 2.10. The molecule has 1 aromatic heterocycles. The molecule has 0 bridgehead atoms. The highest BCUT2D eigenvalue weighted by molar-refractivity contribution is 7.16. The third-order valence-corrected chi connectivity index (χ3v) is 2.73. The number of halogens is 1. The van der Waals surface area contributed by atoms with Gasteiger partial charge in [-0.2, -0.15) is 10.5 Å². The van der Waals surface area contributed by atoms with Crippen molar-refractivity contribution in [3.05, 3.63) is 10.0 Å². The molecule has 0 saturated heterocycles. The molecule has 1 rings (SSSR count). The Hall–Kier alpha value is -1.30. The minimum Gasteiger partial charge on any atom is -0.358 e. The predicted octanol–water partition coefficient (Wildman–Crippen LogP) is 2.38. The van der Waals surface area contributed by atoms with E-state index in [9.17, 15) is 0 Å². The van der Waals surface area contributed by atoms with Crippen LogP contribution in [0.3, 0.4) is 0 Å². The van der Waals surface area contributed by atoms with Crippen LogP contribution in [0.2, 0.25) is 5.15 Å². The summed E-state index contributed by atoms with van der Waals surface area (Å²) < 4.78 is 0. The molecule has 0 aliphatic carbocycles. The van der Waals surface area contributed by atoms with Crippen molar-refractivity contribution in [1.29, 1.82) is 10.5 Å². The second-order valence-electron chi connectivity index (χ2n) is 2.66. The standard InChI is InChI=1S/C8H7ClN4S/c1-5(2-3-10)12-8-13-7(9)6(4-11)14-8/h5H,2H2,1H3,(H,12,13). The highest BCUT2D eigenvalue weighted by atomic mass is 35.5. The SMILES string of the molecule is CC(CC#N)Nc1nc(Cl)c(C#N)s1. The molecule has 0 radical (unpaired) electrons. The summed E-state index contributed by atoms with van der Waals surface area (Å²) in [6.45, 7) is 1.87. The Morgan fingerprint density at radius 2 is 2.36 bits per heavy atom. The summed E-state index contributed by atoms with van der Waals surface area (Å²) in [6, 6.07) is 3.99. The molecule has 0 aromatic carbocycles. The van der Waals surface area contributed by atoms with Crippen molar-refractivity contribution in [2.75, 3.05) is 5.32 Å². The number of rotatable bonds is 3. The smallest absolute Gasteiger partial charge is 0.185 e. The first-order valence-corrected chi connectivity index (χ1v) is 5.06. The molecule has 0 saturated carbocycles. The van der Waals surface area contributed by atoms with Crippen LogP contribution in [0.15, 0.2) is 0 Å². The van der Waals surface area contributed by atoms with Crippen molar-refractivity contribution in [2.45, 2.75) is 19.4 Å². The monoisotopic (exact) mass is 226 g/mol. The maximum atomic E-state index is 8.63. The molecule has 0 spiro atoms. The van der Waals surface area contributed by atoms with Crippen molar-refractivity contribution in [3.8, 4) is 12.1 Å². The van der Waals surface area contributed by atoms with E-state index in [1.54, 1.807) is 0 Å². The van der Waals surface area contributed by atoms with Gasteiger partial charge >= 0.3 is 0 Å². The van der Waals surface area contributed by atoms with E-state index in [1.807, 2.05) is 19.1 Å². The van der Waals surface area contributed by atoms with Crippen LogP contribution in [0.1, 0.15) is 18.2 Å². The first-order valence-electron chi connectivity index (χ1n) is 3.87.